The maximum atomic E-state index is 13.1. The van der Waals surface area contributed by atoms with Crippen molar-refractivity contribution in [3.05, 3.63) is 35.9 Å². The molecule has 6 heteroatoms. The number of carbonyl (C=O) groups excluding carboxylic acids is 1. The van der Waals surface area contributed by atoms with Gasteiger partial charge >= 0.3 is 7.59 Å². The van der Waals surface area contributed by atoms with Gasteiger partial charge in [-0.2, -0.15) is 0 Å². The molecular formula is C15H26N3O2P. The molecule has 0 aromatic heterocycles. The Morgan fingerprint density at radius 1 is 0.905 bits per heavy atom. The monoisotopic (exact) mass is 311 g/mol. The smallest absolute Gasteiger partial charge is 0.279 e. The molecule has 0 aliphatic carbocycles. The first-order chi connectivity index (χ1) is 9.40. The van der Waals surface area contributed by atoms with Crippen LogP contribution in [0.25, 0.3) is 0 Å². The van der Waals surface area contributed by atoms with Gasteiger partial charge in [-0.05, 0) is 53.7 Å². The van der Waals surface area contributed by atoms with Gasteiger partial charge in [0.2, 0.25) is 0 Å². The molecule has 0 aliphatic rings. The van der Waals surface area contributed by atoms with E-state index in [1.54, 1.807) is 24.3 Å². The lowest BCUT2D eigenvalue weighted by molar-refractivity contribution is 0.0979. The van der Waals surface area contributed by atoms with Crippen molar-refractivity contribution in [3.8, 4) is 0 Å². The van der Waals surface area contributed by atoms with Crippen LogP contribution in [0.4, 0.5) is 0 Å². The van der Waals surface area contributed by atoms with E-state index in [9.17, 15) is 9.36 Å². The second-order valence-corrected chi connectivity index (χ2v) is 9.03. The van der Waals surface area contributed by atoms with Gasteiger partial charge in [0.15, 0.2) is 0 Å². The Morgan fingerprint density at radius 3 is 1.71 bits per heavy atom. The average Bonchev–Trinajstić information content (AvgIpc) is 2.24. The zero-order chi connectivity index (χ0) is 16.3. The quantitative estimate of drug-likeness (QED) is 0.746. The van der Waals surface area contributed by atoms with Crippen LogP contribution in [-0.4, -0.2) is 17.0 Å². The lowest BCUT2D eigenvalue weighted by Crippen LogP contribution is -2.48. The zero-order valence-electron chi connectivity index (χ0n) is 13.7. The third kappa shape index (κ3) is 6.89. The van der Waals surface area contributed by atoms with E-state index in [1.807, 2.05) is 47.6 Å². The molecule has 118 valence electrons. The molecule has 0 unspecified atom stereocenters. The van der Waals surface area contributed by atoms with Gasteiger partial charge < -0.3 is 0 Å². The highest BCUT2D eigenvalue weighted by Crippen LogP contribution is 2.37. The van der Waals surface area contributed by atoms with Crippen LogP contribution in [0, 0.1) is 0 Å². The lowest BCUT2D eigenvalue weighted by Gasteiger charge is -2.34. The van der Waals surface area contributed by atoms with Gasteiger partial charge in [-0.1, -0.05) is 18.2 Å². The fourth-order valence-electron chi connectivity index (χ4n) is 1.83. The van der Waals surface area contributed by atoms with Crippen molar-refractivity contribution in [3.63, 3.8) is 0 Å². The predicted molar refractivity (Wildman–Crippen MR) is 87.3 cm³/mol. The highest BCUT2D eigenvalue weighted by Gasteiger charge is 2.33. The van der Waals surface area contributed by atoms with Crippen molar-refractivity contribution in [2.24, 2.45) is 0 Å². The SMILES string of the molecule is CC(C)(C)NP(=O)(NC(=O)c1ccccc1)NC(C)(C)C. The van der Waals surface area contributed by atoms with E-state index in [4.69, 9.17) is 0 Å². The van der Waals surface area contributed by atoms with Gasteiger partial charge in [0.1, 0.15) is 0 Å². The Hall–Kier alpha value is -1.16. The van der Waals surface area contributed by atoms with Crippen LogP contribution in [0.1, 0.15) is 51.9 Å². The molecule has 0 spiro atoms. The average molecular weight is 311 g/mol. The molecule has 0 heterocycles. The normalized spacial score (nSPS) is 13.0. The van der Waals surface area contributed by atoms with E-state index in [-0.39, 0.29) is 5.91 Å². The van der Waals surface area contributed by atoms with Crippen molar-refractivity contribution < 1.29 is 9.36 Å². The third-order valence-electron chi connectivity index (χ3n) is 2.28. The van der Waals surface area contributed by atoms with Crippen molar-refractivity contribution in [2.75, 3.05) is 0 Å². The molecule has 0 aliphatic heterocycles. The maximum Gasteiger partial charge on any atom is 0.306 e. The first-order valence-electron chi connectivity index (χ1n) is 6.97. The molecule has 0 saturated heterocycles. The van der Waals surface area contributed by atoms with Crippen molar-refractivity contribution in [1.82, 2.24) is 15.3 Å². The fraction of sp³-hybridized carbons (Fsp3) is 0.533. The largest absolute Gasteiger partial charge is 0.306 e. The molecule has 1 aromatic carbocycles. The van der Waals surface area contributed by atoms with Gasteiger partial charge in [0.05, 0.1) is 0 Å². The molecule has 3 N–H and O–H groups in total. The van der Waals surface area contributed by atoms with Gasteiger partial charge in [-0.15, -0.1) is 0 Å². The van der Waals surface area contributed by atoms with Gasteiger partial charge in [-0.25, -0.2) is 10.2 Å². The topological polar surface area (TPSA) is 70.2 Å². The lowest BCUT2D eigenvalue weighted by atomic mass is 10.1. The van der Waals surface area contributed by atoms with Crippen LogP contribution >= 0.6 is 7.59 Å². The van der Waals surface area contributed by atoms with Crippen LogP contribution in [0.15, 0.2) is 30.3 Å². The number of carbonyl (C=O) groups is 1. The van der Waals surface area contributed by atoms with E-state index < -0.39 is 18.7 Å². The van der Waals surface area contributed by atoms with Crippen LogP contribution in [0.2, 0.25) is 0 Å². The van der Waals surface area contributed by atoms with Crippen molar-refractivity contribution in [1.29, 1.82) is 0 Å². The first-order valence-corrected chi connectivity index (χ1v) is 8.67. The predicted octanol–water partition coefficient (Wildman–Crippen LogP) is 3.30. The van der Waals surface area contributed by atoms with Crippen molar-refractivity contribution >= 4 is 13.5 Å². The van der Waals surface area contributed by atoms with Crippen LogP contribution in [0.3, 0.4) is 0 Å². The van der Waals surface area contributed by atoms with Crippen LogP contribution in [0.5, 0.6) is 0 Å². The Labute approximate surface area is 127 Å². The van der Waals surface area contributed by atoms with E-state index in [0.717, 1.165) is 0 Å². The first kappa shape index (κ1) is 17.9. The number of hydrogen-bond acceptors (Lipinski definition) is 2. The summed E-state index contributed by atoms with van der Waals surface area (Å²) in [4.78, 5) is 12.3. The summed E-state index contributed by atoms with van der Waals surface area (Å²) in [6.07, 6.45) is 0. The van der Waals surface area contributed by atoms with Gasteiger partial charge in [0.25, 0.3) is 5.91 Å². The van der Waals surface area contributed by atoms with E-state index >= 15 is 0 Å². The minimum absolute atomic E-state index is 0.368. The molecule has 0 fully saturated rings. The minimum Gasteiger partial charge on any atom is -0.279 e. The summed E-state index contributed by atoms with van der Waals surface area (Å²) in [6.45, 7) is 11.4. The molecule has 21 heavy (non-hydrogen) atoms. The molecule has 0 atom stereocenters. The summed E-state index contributed by atoms with van der Waals surface area (Å²) in [5.74, 6) is -0.368. The van der Waals surface area contributed by atoms with E-state index in [2.05, 4.69) is 15.3 Å². The van der Waals surface area contributed by atoms with Gasteiger partial charge in [0, 0.05) is 16.6 Å². The number of nitrogens with one attached hydrogen (secondary N) is 3. The highest BCUT2D eigenvalue weighted by molar-refractivity contribution is 7.58. The number of rotatable bonds is 4. The standard InChI is InChI=1S/C15H26N3O2P/c1-14(2,3)17-21(20,18-15(4,5)6)16-13(19)12-10-8-7-9-11-12/h7-11H,1-6H3,(H3,16,17,18,19,20). The van der Waals surface area contributed by atoms with Crippen LogP contribution < -0.4 is 15.3 Å². The Morgan fingerprint density at radius 2 is 1.33 bits per heavy atom. The van der Waals surface area contributed by atoms with E-state index in [1.165, 1.54) is 0 Å². The number of benzene rings is 1. The summed E-state index contributed by atoms with van der Waals surface area (Å²) in [5.41, 5.74) is -0.334. The number of amides is 1. The third-order valence-corrected chi connectivity index (χ3v) is 4.77. The molecule has 0 bridgehead atoms. The van der Waals surface area contributed by atoms with E-state index in [0.29, 0.717) is 5.56 Å². The molecule has 1 amide bonds. The fourth-order valence-corrected chi connectivity index (χ4v) is 4.30. The molecule has 1 rings (SSSR count). The molecule has 1 aromatic rings. The maximum absolute atomic E-state index is 13.1. The molecule has 5 nitrogen and oxygen atoms in total. The summed E-state index contributed by atoms with van der Waals surface area (Å²) >= 11 is 0. The Bertz CT molecular complexity index is 510. The molecule has 0 saturated carbocycles. The molecular weight excluding hydrogens is 285 g/mol. The molecule has 0 radical (unpaired) electrons. The summed E-state index contributed by atoms with van der Waals surface area (Å²) in [7, 11) is -3.28. The summed E-state index contributed by atoms with van der Waals surface area (Å²) in [6, 6.07) is 8.75. The van der Waals surface area contributed by atoms with Crippen LogP contribution in [-0.2, 0) is 4.57 Å². The Balaban J connectivity index is 2.98. The van der Waals surface area contributed by atoms with Gasteiger partial charge in [-0.3, -0.25) is 14.4 Å². The number of hydrogen-bond donors (Lipinski definition) is 3. The second kappa shape index (κ2) is 6.30. The minimum atomic E-state index is -3.28. The second-order valence-electron chi connectivity index (χ2n) is 7.14. The highest BCUT2D eigenvalue weighted by atomic mass is 31.2. The summed E-state index contributed by atoms with van der Waals surface area (Å²) < 4.78 is 13.1. The zero-order valence-corrected chi connectivity index (χ0v) is 14.5. The Kier molecular flexibility index (Phi) is 5.37. The van der Waals surface area contributed by atoms with Crippen molar-refractivity contribution in [2.45, 2.75) is 52.6 Å². The summed E-state index contributed by atoms with van der Waals surface area (Å²) in [5, 5.41) is 8.62.